The Balaban J connectivity index is 2.10. The summed E-state index contributed by atoms with van der Waals surface area (Å²) in [4.78, 5) is 25.9. The first-order chi connectivity index (χ1) is 8.22. The number of amides is 2. The molecule has 0 aliphatic carbocycles. The number of carbonyl (C=O) groups excluding carboxylic acids is 2. The number of carbonyl (C=O) groups is 2. The number of hydrogen-bond donors (Lipinski definition) is 0. The molecular formula is C14H21NO3. The van der Waals surface area contributed by atoms with Crippen LogP contribution >= 0.6 is 0 Å². The van der Waals surface area contributed by atoms with Crippen molar-refractivity contribution in [3.63, 3.8) is 0 Å². The third kappa shape index (κ3) is 1.11. The van der Waals surface area contributed by atoms with Crippen LogP contribution in [0.5, 0.6) is 0 Å². The highest BCUT2D eigenvalue weighted by molar-refractivity contribution is 6.06. The van der Waals surface area contributed by atoms with Gasteiger partial charge in [-0.05, 0) is 32.1 Å². The molecule has 3 fully saturated rings. The number of hydrogen-bond acceptors (Lipinski definition) is 3. The highest BCUT2D eigenvalue weighted by Crippen LogP contribution is 2.64. The lowest BCUT2D eigenvalue weighted by Gasteiger charge is -2.37. The summed E-state index contributed by atoms with van der Waals surface area (Å²) >= 11 is 0. The van der Waals surface area contributed by atoms with Crippen molar-refractivity contribution in [2.24, 2.45) is 23.7 Å². The van der Waals surface area contributed by atoms with Gasteiger partial charge in [0.2, 0.25) is 11.8 Å². The second-order valence-corrected chi connectivity index (χ2v) is 6.84. The van der Waals surface area contributed by atoms with Crippen molar-refractivity contribution in [1.29, 1.82) is 0 Å². The second-order valence-electron chi connectivity index (χ2n) is 6.84. The van der Waals surface area contributed by atoms with Crippen molar-refractivity contribution in [2.45, 2.75) is 45.3 Å². The Kier molecular flexibility index (Phi) is 2.13. The van der Waals surface area contributed by atoms with E-state index in [1.807, 2.05) is 13.8 Å². The standard InChI is InChI=1S/C14H21NO3/c1-7(2)8-6-13(3)9-10(14(8,4)18-13)12(17)15(5)11(9)16/h7-10H,6H2,1-5H3. The fourth-order valence-corrected chi connectivity index (χ4v) is 4.64. The minimum absolute atomic E-state index is 0.0541. The lowest BCUT2D eigenvalue weighted by Crippen LogP contribution is -2.47. The quantitative estimate of drug-likeness (QED) is 0.662. The zero-order valence-corrected chi connectivity index (χ0v) is 11.7. The van der Waals surface area contributed by atoms with Gasteiger partial charge in [0.25, 0.3) is 0 Å². The Morgan fingerprint density at radius 3 is 2.33 bits per heavy atom. The van der Waals surface area contributed by atoms with Gasteiger partial charge in [-0.1, -0.05) is 13.8 Å². The van der Waals surface area contributed by atoms with Gasteiger partial charge in [-0.15, -0.1) is 0 Å². The molecule has 0 spiro atoms. The molecule has 0 aromatic rings. The summed E-state index contributed by atoms with van der Waals surface area (Å²) in [6, 6.07) is 0. The topological polar surface area (TPSA) is 46.6 Å². The average Bonchev–Trinajstić information content (AvgIpc) is 2.77. The number of ether oxygens (including phenoxy) is 1. The molecule has 5 unspecified atom stereocenters. The van der Waals surface area contributed by atoms with Gasteiger partial charge in [0.15, 0.2) is 0 Å². The molecule has 3 saturated heterocycles. The highest BCUT2D eigenvalue weighted by Gasteiger charge is 2.75. The van der Waals surface area contributed by atoms with Crippen LogP contribution in [0, 0.1) is 23.7 Å². The third-order valence-corrected chi connectivity index (χ3v) is 5.42. The van der Waals surface area contributed by atoms with Crippen LogP contribution in [0.15, 0.2) is 0 Å². The minimum Gasteiger partial charge on any atom is -0.367 e. The first-order valence-corrected chi connectivity index (χ1v) is 6.74. The Morgan fingerprint density at radius 2 is 1.78 bits per heavy atom. The summed E-state index contributed by atoms with van der Waals surface area (Å²) in [6.07, 6.45) is 0.884. The molecule has 3 rings (SSSR count). The van der Waals surface area contributed by atoms with Crippen molar-refractivity contribution in [3.05, 3.63) is 0 Å². The molecule has 0 aromatic heterocycles. The van der Waals surface area contributed by atoms with Gasteiger partial charge in [0, 0.05) is 7.05 Å². The third-order valence-electron chi connectivity index (χ3n) is 5.42. The summed E-state index contributed by atoms with van der Waals surface area (Å²) in [5.74, 6) is 0.162. The Bertz CT molecular complexity index is 446. The van der Waals surface area contributed by atoms with Gasteiger partial charge < -0.3 is 4.74 Å². The van der Waals surface area contributed by atoms with E-state index in [1.165, 1.54) is 4.90 Å². The average molecular weight is 251 g/mol. The second kappa shape index (κ2) is 3.16. The Hall–Kier alpha value is -0.900. The van der Waals surface area contributed by atoms with E-state index in [-0.39, 0.29) is 23.7 Å². The molecule has 2 amide bonds. The Morgan fingerprint density at radius 1 is 1.22 bits per heavy atom. The molecule has 0 aromatic carbocycles. The van der Waals surface area contributed by atoms with Crippen molar-refractivity contribution in [3.8, 4) is 0 Å². The van der Waals surface area contributed by atoms with Crippen LogP contribution in [0.25, 0.3) is 0 Å². The summed E-state index contributed by atoms with van der Waals surface area (Å²) in [6.45, 7) is 8.37. The number of nitrogens with zero attached hydrogens (tertiary/aromatic N) is 1. The van der Waals surface area contributed by atoms with E-state index in [0.717, 1.165) is 6.42 Å². The summed E-state index contributed by atoms with van der Waals surface area (Å²) in [5, 5.41) is 0. The molecule has 100 valence electrons. The smallest absolute Gasteiger partial charge is 0.235 e. The van der Waals surface area contributed by atoms with Crippen LogP contribution in [0.2, 0.25) is 0 Å². The SMILES string of the molecule is CC(C)C1CC2(C)OC1(C)C1C(=O)N(C)C(=O)C12. The van der Waals surface area contributed by atoms with Crippen molar-refractivity contribution in [1.82, 2.24) is 4.90 Å². The van der Waals surface area contributed by atoms with Crippen LogP contribution in [0.3, 0.4) is 0 Å². The number of rotatable bonds is 1. The normalized spacial score (nSPS) is 50.6. The van der Waals surface area contributed by atoms with Crippen molar-refractivity contribution in [2.75, 3.05) is 7.05 Å². The predicted octanol–water partition coefficient (Wildman–Crippen LogP) is 1.44. The van der Waals surface area contributed by atoms with E-state index < -0.39 is 11.2 Å². The van der Waals surface area contributed by atoms with Gasteiger partial charge in [-0.25, -0.2) is 0 Å². The van der Waals surface area contributed by atoms with Crippen LogP contribution in [0.4, 0.5) is 0 Å². The number of fused-ring (bicyclic) bond motifs is 5. The molecule has 0 radical (unpaired) electrons. The highest BCUT2D eigenvalue weighted by atomic mass is 16.5. The fourth-order valence-electron chi connectivity index (χ4n) is 4.64. The molecule has 0 saturated carbocycles. The molecule has 2 bridgehead atoms. The molecule has 3 heterocycles. The van der Waals surface area contributed by atoms with E-state index in [0.29, 0.717) is 11.8 Å². The van der Waals surface area contributed by atoms with Gasteiger partial charge in [-0.2, -0.15) is 0 Å². The number of likely N-dealkylation sites (tertiary alicyclic amines) is 1. The first-order valence-electron chi connectivity index (χ1n) is 6.74. The van der Waals surface area contributed by atoms with E-state index in [9.17, 15) is 9.59 Å². The van der Waals surface area contributed by atoms with Crippen LogP contribution < -0.4 is 0 Å². The zero-order valence-electron chi connectivity index (χ0n) is 11.7. The van der Waals surface area contributed by atoms with E-state index >= 15 is 0 Å². The summed E-state index contributed by atoms with van der Waals surface area (Å²) in [5.41, 5.74) is -0.920. The molecule has 4 heteroatoms. The maximum absolute atomic E-state index is 12.3. The van der Waals surface area contributed by atoms with Gasteiger partial charge in [0.05, 0.1) is 23.0 Å². The van der Waals surface area contributed by atoms with Gasteiger partial charge in [-0.3, -0.25) is 14.5 Å². The molecule has 4 nitrogen and oxygen atoms in total. The maximum atomic E-state index is 12.3. The summed E-state index contributed by atoms with van der Waals surface area (Å²) < 4.78 is 6.21. The zero-order chi connectivity index (χ0) is 13.5. The van der Waals surface area contributed by atoms with Crippen molar-refractivity contribution >= 4 is 11.8 Å². The monoisotopic (exact) mass is 251 g/mol. The van der Waals surface area contributed by atoms with E-state index in [4.69, 9.17) is 4.74 Å². The number of imide groups is 1. The predicted molar refractivity (Wildman–Crippen MR) is 65.6 cm³/mol. The van der Waals surface area contributed by atoms with Crippen molar-refractivity contribution < 1.29 is 14.3 Å². The molecular weight excluding hydrogens is 230 g/mol. The fraction of sp³-hybridized carbons (Fsp3) is 0.857. The largest absolute Gasteiger partial charge is 0.367 e. The first kappa shape index (κ1) is 12.2. The van der Waals surface area contributed by atoms with Gasteiger partial charge in [0.1, 0.15) is 0 Å². The summed E-state index contributed by atoms with van der Waals surface area (Å²) in [7, 11) is 1.60. The lowest BCUT2D eigenvalue weighted by molar-refractivity contribution is -0.146. The molecule has 3 aliphatic heterocycles. The van der Waals surface area contributed by atoms with Crippen LogP contribution in [-0.2, 0) is 14.3 Å². The molecule has 3 aliphatic rings. The lowest BCUT2D eigenvalue weighted by atomic mass is 9.61. The van der Waals surface area contributed by atoms with Crippen LogP contribution in [-0.4, -0.2) is 35.0 Å². The van der Waals surface area contributed by atoms with E-state index in [1.54, 1.807) is 7.05 Å². The van der Waals surface area contributed by atoms with Crippen LogP contribution in [0.1, 0.15) is 34.1 Å². The molecule has 0 N–H and O–H groups in total. The molecule has 5 atom stereocenters. The van der Waals surface area contributed by atoms with E-state index in [2.05, 4.69) is 13.8 Å². The Labute approximate surface area is 108 Å². The maximum Gasteiger partial charge on any atom is 0.235 e. The molecule has 18 heavy (non-hydrogen) atoms. The minimum atomic E-state index is -0.467. The van der Waals surface area contributed by atoms with Gasteiger partial charge >= 0.3 is 0 Å².